The lowest BCUT2D eigenvalue weighted by Crippen LogP contribution is -2.41. The molecule has 0 amide bonds. The molecule has 4 atom stereocenters. The van der Waals surface area contributed by atoms with Gasteiger partial charge in [-0.1, -0.05) is 30.6 Å². The van der Waals surface area contributed by atoms with E-state index >= 15 is 0 Å². The van der Waals surface area contributed by atoms with Crippen LogP contribution in [0.5, 0.6) is 0 Å². The normalized spacial score (nSPS) is 35.4. The molecule has 156 valence electrons. The molecule has 0 bridgehead atoms. The lowest BCUT2D eigenvalue weighted by atomic mass is 9.54. The molecule has 0 aliphatic heterocycles. The van der Waals surface area contributed by atoms with Crippen LogP contribution in [-0.4, -0.2) is 8.42 Å². The highest BCUT2D eigenvalue weighted by Crippen LogP contribution is 2.62. The number of allylic oxidation sites excluding steroid dienone is 7. The van der Waals surface area contributed by atoms with Crippen molar-refractivity contribution >= 4 is 10.3 Å². The van der Waals surface area contributed by atoms with Crippen LogP contribution >= 0.6 is 0 Å². The summed E-state index contributed by atoms with van der Waals surface area (Å²) in [5.74, 6) is 8.25. The number of nitrogens with two attached hydrogens (primary N) is 1. The third-order valence-corrected chi connectivity index (χ3v) is 8.19. The fourth-order valence-electron chi connectivity index (χ4n) is 6.54. The van der Waals surface area contributed by atoms with Crippen LogP contribution in [-0.2, 0) is 14.5 Å². The lowest BCUT2D eigenvalue weighted by Gasteiger charge is -2.50. The smallest absolute Gasteiger partial charge is 0.374 e. The van der Waals surface area contributed by atoms with Gasteiger partial charge in [-0.2, -0.15) is 13.6 Å². The molecule has 0 heterocycles. The number of hydrogen-bond donors (Lipinski definition) is 1. The molecule has 2 N–H and O–H groups in total. The van der Waals surface area contributed by atoms with E-state index in [2.05, 4.69) is 43.9 Å². The zero-order chi connectivity index (χ0) is 20.8. The van der Waals surface area contributed by atoms with E-state index < -0.39 is 10.3 Å². The Bertz CT molecular complexity index is 1000. The van der Waals surface area contributed by atoms with E-state index in [1.165, 1.54) is 43.3 Å². The number of rotatable bonds is 2. The summed E-state index contributed by atoms with van der Waals surface area (Å²) in [7, 11) is -4.07. The van der Waals surface area contributed by atoms with Gasteiger partial charge in [0.05, 0.1) is 5.57 Å². The van der Waals surface area contributed by atoms with Crippen LogP contribution in [0.1, 0.15) is 65.7 Å². The van der Waals surface area contributed by atoms with Gasteiger partial charge in [-0.15, -0.1) is 5.92 Å². The lowest BCUT2D eigenvalue weighted by molar-refractivity contribution is 0.0638. The van der Waals surface area contributed by atoms with Gasteiger partial charge in [0.2, 0.25) is 0 Å². The Kier molecular flexibility index (Phi) is 5.29. The topological polar surface area (TPSA) is 69.4 Å². The van der Waals surface area contributed by atoms with Gasteiger partial charge in [-0.3, -0.25) is 0 Å². The maximum atomic E-state index is 11.6. The molecule has 5 heteroatoms. The number of hydrogen-bond acceptors (Lipinski definition) is 3. The monoisotopic (exact) mass is 413 g/mol. The van der Waals surface area contributed by atoms with Crippen LogP contribution < -0.4 is 5.14 Å². The van der Waals surface area contributed by atoms with Gasteiger partial charge in [0.1, 0.15) is 5.76 Å². The van der Waals surface area contributed by atoms with Crippen molar-refractivity contribution < 1.29 is 12.6 Å². The van der Waals surface area contributed by atoms with E-state index in [-0.39, 0.29) is 0 Å². The SMILES string of the molecule is CC#CC1=C(OS(N)(=O)=O)CC=C2CCC3C(CCC4(C)/C(=C\C)CCC34)C2=C1. The van der Waals surface area contributed by atoms with Gasteiger partial charge >= 0.3 is 10.3 Å². The zero-order valence-electron chi connectivity index (χ0n) is 17.6. The van der Waals surface area contributed by atoms with Crippen molar-refractivity contribution in [2.75, 3.05) is 0 Å². The Morgan fingerprint density at radius 2 is 2.07 bits per heavy atom. The molecule has 4 unspecified atom stereocenters. The van der Waals surface area contributed by atoms with Gasteiger partial charge in [0, 0.05) is 6.42 Å². The molecule has 3 saturated carbocycles. The van der Waals surface area contributed by atoms with Crippen LogP contribution in [0.2, 0.25) is 0 Å². The van der Waals surface area contributed by atoms with Gasteiger partial charge in [0.15, 0.2) is 0 Å². The summed E-state index contributed by atoms with van der Waals surface area (Å²) in [6.45, 7) is 6.43. The first-order chi connectivity index (χ1) is 13.8. The Morgan fingerprint density at radius 3 is 2.76 bits per heavy atom. The molecule has 4 aliphatic rings. The second-order valence-corrected chi connectivity index (χ2v) is 10.2. The summed E-state index contributed by atoms with van der Waals surface area (Å²) < 4.78 is 28.2. The Hall–Kier alpha value is -1.77. The second kappa shape index (κ2) is 7.49. The molecule has 0 aromatic carbocycles. The van der Waals surface area contributed by atoms with Crippen molar-refractivity contribution in [3.05, 3.63) is 46.3 Å². The van der Waals surface area contributed by atoms with Crippen LogP contribution in [0.15, 0.2) is 46.3 Å². The fourth-order valence-corrected chi connectivity index (χ4v) is 6.98. The summed E-state index contributed by atoms with van der Waals surface area (Å²) in [5.41, 5.74) is 5.34. The predicted octanol–water partition coefficient (Wildman–Crippen LogP) is 4.92. The van der Waals surface area contributed by atoms with Crippen molar-refractivity contribution in [1.82, 2.24) is 0 Å². The van der Waals surface area contributed by atoms with Gasteiger partial charge < -0.3 is 4.18 Å². The van der Waals surface area contributed by atoms with E-state index in [0.29, 0.717) is 35.0 Å². The maximum absolute atomic E-state index is 11.6. The summed E-state index contributed by atoms with van der Waals surface area (Å²) in [4.78, 5) is 0. The van der Waals surface area contributed by atoms with Crippen LogP contribution in [0.4, 0.5) is 0 Å². The molecule has 4 aliphatic carbocycles. The summed E-state index contributed by atoms with van der Waals surface area (Å²) in [6, 6.07) is 0. The van der Waals surface area contributed by atoms with Crippen molar-refractivity contribution in [2.24, 2.45) is 28.3 Å². The molecule has 29 heavy (non-hydrogen) atoms. The average Bonchev–Trinajstić information content (AvgIpc) is 2.91. The van der Waals surface area contributed by atoms with Gasteiger partial charge in [-0.05, 0) is 92.8 Å². The minimum absolute atomic E-state index is 0.338. The highest BCUT2D eigenvalue weighted by molar-refractivity contribution is 7.84. The van der Waals surface area contributed by atoms with Crippen molar-refractivity contribution in [3.8, 4) is 11.8 Å². The predicted molar refractivity (Wildman–Crippen MR) is 115 cm³/mol. The third-order valence-electron chi connectivity index (χ3n) is 7.76. The molecule has 0 saturated heterocycles. The fraction of sp³-hybridized carbons (Fsp3) is 0.583. The van der Waals surface area contributed by atoms with Crippen LogP contribution in [0, 0.1) is 35.0 Å². The molecule has 4 nitrogen and oxygen atoms in total. The number of fused-ring (bicyclic) bond motifs is 5. The van der Waals surface area contributed by atoms with Crippen LogP contribution in [0.25, 0.3) is 0 Å². The second-order valence-electron chi connectivity index (χ2n) is 9.05. The molecule has 0 spiro atoms. The Morgan fingerprint density at radius 1 is 1.28 bits per heavy atom. The summed E-state index contributed by atoms with van der Waals surface area (Å²) in [5, 5.41) is 5.15. The first-order valence-corrected chi connectivity index (χ1v) is 12.2. The molecule has 0 aromatic rings. The van der Waals surface area contributed by atoms with E-state index in [1.54, 1.807) is 12.5 Å². The standard InChI is InChI=1S/C24H31NO3S/c1-4-6-17-15-21-16(8-12-23(17)28-29(25,26)27)7-10-20-19(21)13-14-24(3)18(5-2)9-11-22(20)24/h5,8,15,19-20,22H,7,9-14H2,1-3H3,(H2,25,26,27)/b18-5-. The third kappa shape index (κ3) is 3.62. The Balaban J connectivity index is 1.73. The van der Waals surface area contributed by atoms with Crippen molar-refractivity contribution in [2.45, 2.75) is 65.7 Å². The van der Waals surface area contributed by atoms with E-state index in [9.17, 15) is 8.42 Å². The zero-order valence-corrected chi connectivity index (χ0v) is 18.4. The summed E-state index contributed by atoms with van der Waals surface area (Å²) in [6.07, 6.45) is 14.2. The minimum atomic E-state index is -4.07. The van der Waals surface area contributed by atoms with E-state index in [0.717, 1.165) is 12.3 Å². The average molecular weight is 414 g/mol. The molecular weight excluding hydrogens is 382 g/mol. The van der Waals surface area contributed by atoms with Gasteiger partial charge in [0.25, 0.3) is 0 Å². The summed E-state index contributed by atoms with van der Waals surface area (Å²) >= 11 is 0. The molecule has 0 aromatic heterocycles. The Labute approximate surface area is 175 Å². The molecule has 0 radical (unpaired) electrons. The maximum Gasteiger partial charge on any atom is 0.379 e. The first-order valence-electron chi connectivity index (χ1n) is 10.7. The van der Waals surface area contributed by atoms with Crippen molar-refractivity contribution in [1.29, 1.82) is 0 Å². The van der Waals surface area contributed by atoms with E-state index in [4.69, 9.17) is 9.32 Å². The molecule has 3 fully saturated rings. The van der Waals surface area contributed by atoms with Gasteiger partial charge in [-0.25, -0.2) is 0 Å². The highest BCUT2D eigenvalue weighted by atomic mass is 32.2. The minimum Gasteiger partial charge on any atom is -0.374 e. The van der Waals surface area contributed by atoms with E-state index in [1.807, 2.05) is 0 Å². The first kappa shape index (κ1) is 20.5. The molecule has 4 rings (SSSR count). The highest BCUT2D eigenvalue weighted by Gasteiger charge is 2.52. The molecular formula is C24H31NO3S. The van der Waals surface area contributed by atoms with Crippen LogP contribution in [0.3, 0.4) is 0 Å². The largest absolute Gasteiger partial charge is 0.379 e. The van der Waals surface area contributed by atoms with Crippen molar-refractivity contribution in [3.63, 3.8) is 0 Å². The quantitative estimate of drug-likeness (QED) is 0.516.